The first-order chi connectivity index (χ1) is 12.3. The van der Waals surface area contributed by atoms with Gasteiger partial charge >= 0.3 is 0 Å². The van der Waals surface area contributed by atoms with Gasteiger partial charge in [0.2, 0.25) is 0 Å². The molecule has 8 heteroatoms. The molecule has 1 aliphatic heterocycles. The Morgan fingerprint density at radius 1 is 1.16 bits per heavy atom. The third kappa shape index (κ3) is 3.48. The van der Waals surface area contributed by atoms with E-state index in [4.69, 9.17) is 9.05 Å². The molecule has 0 atom stereocenters. The van der Waals surface area contributed by atoms with Crippen LogP contribution >= 0.6 is 0 Å². The largest absolute Gasteiger partial charge is 0.367 e. The van der Waals surface area contributed by atoms with Crippen LogP contribution in [0.5, 0.6) is 0 Å². The van der Waals surface area contributed by atoms with Crippen molar-refractivity contribution in [2.45, 2.75) is 6.54 Å². The third-order valence-corrected chi connectivity index (χ3v) is 4.14. The summed E-state index contributed by atoms with van der Waals surface area (Å²) >= 11 is 0. The minimum absolute atomic E-state index is 0.246. The van der Waals surface area contributed by atoms with Crippen LogP contribution in [0, 0.1) is 5.82 Å². The highest BCUT2D eigenvalue weighted by Gasteiger charge is 2.16. The van der Waals surface area contributed by atoms with Crippen molar-refractivity contribution < 1.29 is 13.4 Å². The smallest absolute Gasteiger partial charge is 0.169 e. The lowest BCUT2D eigenvalue weighted by atomic mass is 10.1. The molecule has 0 saturated carbocycles. The SMILES string of the molecule is Fc1cc(-c2cc(CNc3ccon3)on2)ccc1N1CCNCC1. The van der Waals surface area contributed by atoms with Gasteiger partial charge in [-0.05, 0) is 12.1 Å². The third-order valence-electron chi connectivity index (χ3n) is 4.14. The van der Waals surface area contributed by atoms with Gasteiger partial charge in [-0.3, -0.25) is 0 Å². The Kier molecular flexibility index (Phi) is 4.34. The summed E-state index contributed by atoms with van der Waals surface area (Å²) in [5.74, 6) is 0.999. The maximum atomic E-state index is 14.5. The second-order valence-corrected chi connectivity index (χ2v) is 5.82. The lowest BCUT2D eigenvalue weighted by Gasteiger charge is -2.29. The summed E-state index contributed by atoms with van der Waals surface area (Å²) in [6.45, 7) is 3.76. The number of hydrogen-bond acceptors (Lipinski definition) is 7. The Balaban J connectivity index is 1.47. The highest BCUT2D eigenvalue weighted by atomic mass is 19.1. The molecular weight excluding hydrogens is 325 g/mol. The molecule has 3 heterocycles. The second kappa shape index (κ2) is 6.94. The molecule has 2 N–H and O–H groups in total. The minimum atomic E-state index is -0.246. The highest BCUT2D eigenvalue weighted by molar-refractivity contribution is 5.64. The average molecular weight is 343 g/mol. The van der Waals surface area contributed by atoms with E-state index >= 15 is 0 Å². The molecule has 0 spiro atoms. The molecule has 1 aromatic carbocycles. The number of halogens is 1. The number of piperazine rings is 1. The number of aromatic nitrogens is 2. The van der Waals surface area contributed by atoms with Crippen LogP contribution in [0.15, 0.2) is 45.6 Å². The maximum Gasteiger partial charge on any atom is 0.169 e. The normalized spacial score (nSPS) is 14.7. The maximum absolute atomic E-state index is 14.5. The van der Waals surface area contributed by atoms with E-state index in [0.29, 0.717) is 35.1 Å². The fraction of sp³-hybridized carbons (Fsp3) is 0.294. The van der Waals surface area contributed by atoms with Gasteiger partial charge in [0.25, 0.3) is 0 Å². The number of nitrogens with zero attached hydrogens (tertiary/aromatic N) is 3. The Morgan fingerprint density at radius 3 is 2.80 bits per heavy atom. The number of benzene rings is 1. The van der Waals surface area contributed by atoms with E-state index in [1.165, 1.54) is 12.3 Å². The molecule has 1 aliphatic rings. The van der Waals surface area contributed by atoms with Gasteiger partial charge in [0.1, 0.15) is 17.8 Å². The number of nitrogens with one attached hydrogen (secondary N) is 2. The predicted molar refractivity (Wildman–Crippen MR) is 90.8 cm³/mol. The van der Waals surface area contributed by atoms with Crippen molar-refractivity contribution in [3.8, 4) is 11.3 Å². The standard InChI is InChI=1S/C17H18FN5O2/c18-14-9-12(1-2-16(14)23-6-4-19-5-7-23)15-10-13(25-21-15)11-20-17-3-8-24-22-17/h1-3,8-10,19H,4-7,11H2,(H,20,22). The van der Waals surface area contributed by atoms with Crippen molar-refractivity contribution in [2.24, 2.45) is 0 Å². The molecule has 0 bridgehead atoms. The van der Waals surface area contributed by atoms with Crippen LogP contribution in [0.1, 0.15) is 5.76 Å². The number of anilines is 2. The van der Waals surface area contributed by atoms with E-state index < -0.39 is 0 Å². The summed E-state index contributed by atoms with van der Waals surface area (Å²) in [6.07, 6.45) is 1.48. The van der Waals surface area contributed by atoms with Gasteiger partial charge in [-0.15, -0.1) is 0 Å². The van der Waals surface area contributed by atoms with E-state index in [9.17, 15) is 4.39 Å². The lowest BCUT2D eigenvalue weighted by Crippen LogP contribution is -2.43. The molecule has 0 amide bonds. The van der Waals surface area contributed by atoms with Gasteiger partial charge in [0.05, 0.1) is 12.2 Å². The van der Waals surface area contributed by atoms with Crippen LogP contribution in [0.2, 0.25) is 0 Å². The summed E-state index contributed by atoms with van der Waals surface area (Å²) in [6, 6.07) is 8.67. The Hall–Kier alpha value is -2.87. The zero-order valence-electron chi connectivity index (χ0n) is 13.5. The van der Waals surface area contributed by atoms with Gasteiger partial charge in [0, 0.05) is 43.9 Å². The molecule has 3 aromatic rings. The quantitative estimate of drug-likeness (QED) is 0.737. The van der Waals surface area contributed by atoms with Gasteiger partial charge < -0.3 is 24.6 Å². The van der Waals surface area contributed by atoms with Crippen LogP contribution in [-0.4, -0.2) is 36.5 Å². The van der Waals surface area contributed by atoms with Crippen LogP contribution in [0.3, 0.4) is 0 Å². The van der Waals surface area contributed by atoms with E-state index in [1.807, 2.05) is 11.0 Å². The fourth-order valence-corrected chi connectivity index (χ4v) is 2.84. The molecule has 1 saturated heterocycles. The molecule has 25 heavy (non-hydrogen) atoms. The van der Waals surface area contributed by atoms with Gasteiger partial charge in [-0.1, -0.05) is 16.4 Å². The Bertz CT molecular complexity index is 827. The van der Waals surface area contributed by atoms with Crippen molar-refractivity contribution in [2.75, 3.05) is 36.4 Å². The first-order valence-corrected chi connectivity index (χ1v) is 8.15. The van der Waals surface area contributed by atoms with Crippen LogP contribution in [-0.2, 0) is 6.54 Å². The van der Waals surface area contributed by atoms with Crippen LogP contribution in [0.25, 0.3) is 11.3 Å². The lowest BCUT2D eigenvalue weighted by molar-refractivity contribution is 0.389. The molecule has 0 aliphatic carbocycles. The highest BCUT2D eigenvalue weighted by Crippen LogP contribution is 2.27. The summed E-state index contributed by atoms with van der Waals surface area (Å²) in [7, 11) is 0. The van der Waals surface area contributed by atoms with Crippen molar-refractivity contribution in [3.63, 3.8) is 0 Å². The monoisotopic (exact) mass is 343 g/mol. The molecule has 0 unspecified atom stereocenters. The second-order valence-electron chi connectivity index (χ2n) is 5.82. The molecule has 0 radical (unpaired) electrons. The molecule has 1 fully saturated rings. The Labute approximate surface area is 143 Å². The summed E-state index contributed by atoms with van der Waals surface area (Å²) in [4.78, 5) is 2.05. The number of hydrogen-bond donors (Lipinski definition) is 2. The zero-order chi connectivity index (χ0) is 17.1. The van der Waals surface area contributed by atoms with Crippen LogP contribution in [0.4, 0.5) is 15.9 Å². The molecular formula is C17H18FN5O2. The topological polar surface area (TPSA) is 79.4 Å². The molecule has 130 valence electrons. The van der Waals surface area contributed by atoms with E-state index in [-0.39, 0.29) is 5.82 Å². The predicted octanol–water partition coefficient (Wildman–Crippen LogP) is 2.49. The van der Waals surface area contributed by atoms with Crippen molar-refractivity contribution >= 4 is 11.5 Å². The zero-order valence-corrected chi connectivity index (χ0v) is 13.5. The van der Waals surface area contributed by atoms with Crippen molar-refractivity contribution in [1.82, 2.24) is 15.6 Å². The first kappa shape index (κ1) is 15.6. The average Bonchev–Trinajstić information content (AvgIpc) is 3.32. The van der Waals surface area contributed by atoms with E-state index in [2.05, 4.69) is 20.9 Å². The van der Waals surface area contributed by atoms with Crippen molar-refractivity contribution in [3.05, 3.63) is 48.2 Å². The van der Waals surface area contributed by atoms with E-state index in [0.717, 1.165) is 26.2 Å². The molecule has 2 aromatic heterocycles. The summed E-state index contributed by atoms with van der Waals surface area (Å²) in [5.41, 5.74) is 1.91. The minimum Gasteiger partial charge on any atom is -0.367 e. The van der Waals surface area contributed by atoms with Gasteiger partial charge in [0.15, 0.2) is 11.6 Å². The Morgan fingerprint density at radius 2 is 2.04 bits per heavy atom. The van der Waals surface area contributed by atoms with Crippen LogP contribution < -0.4 is 15.5 Å². The molecule has 4 rings (SSSR count). The number of rotatable bonds is 5. The summed E-state index contributed by atoms with van der Waals surface area (Å²) < 4.78 is 24.5. The van der Waals surface area contributed by atoms with Crippen molar-refractivity contribution in [1.29, 1.82) is 0 Å². The van der Waals surface area contributed by atoms with E-state index in [1.54, 1.807) is 18.2 Å². The first-order valence-electron chi connectivity index (χ1n) is 8.15. The summed E-state index contributed by atoms with van der Waals surface area (Å²) in [5, 5.41) is 14.1. The van der Waals surface area contributed by atoms with Gasteiger partial charge in [-0.2, -0.15) is 0 Å². The van der Waals surface area contributed by atoms with Gasteiger partial charge in [-0.25, -0.2) is 4.39 Å². The fourth-order valence-electron chi connectivity index (χ4n) is 2.84. The molecule has 7 nitrogen and oxygen atoms in total.